The van der Waals surface area contributed by atoms with E-state index in [1.54, 1.807) is 36.5 Å². The Morgan fingerprint density at radius 2 is 2.00 bits per heavy atom. The number of nitro benzene ring substituents is 1. The fourth-order valence-corrected chi connectivity index (χ4v) is 2.29. The van der Waals surface area contributed by atoms with Crippen molar-refractivity contribution in [2.24, 2.45) is 0 Å². The summed E-state index contributed by atoms with van der Waals surface area (Å²) in [6.45, 7) is -0.0483. The van der Waals surface area contributed by atoms with Gasteiger partial charge < -0.3 is 5.32 Å². The van der Waals surface area contributed by atoms with Gasteiger partial charge >= 0.3 is 0 Å². The molecule has 1 amide bonds. The number of benzene rings is 2. The van der Waals surface area contributed by atoms with Crippen LogP contribution in [0.1, 0.15) is 0 Å². The van der Waals surface area contributed by atoms with E-state index >= 15 is 0 Å². The van der Waals surface area contributed by atoms with Crippen molar-refractivity contribution in [3.8, 4) is 0 Å². The molecule has 8 heteroatoms. The lowest BCUT2D eigenvalue weighted by Crippen LogP contribution is -2.19. The number of nitro groups is 1. The molecule has 3 rings (SSSR count). The van der Waals surface area contributed by atoms with Gasteiger partial charge in [0.05, 0.1) is 16.6 Å². The number of nitrogens with zero attached hydrogens (tertiary/aromatic N) is 3. The maximum Gasteiger partial charge on any atom is 0.271 e. The lowest BCUT2D eigenvalue weighted by atomic mass is 10.2. The zero-order valence-corrected chi connectivity index (χ0v) is 12.5. The molecule has 7 nitrogen and oxygen atoms in total. The van der Waals surface area contributed by atoms with Crippen molar-refractivity contribution in [3.05, 3.63) is 63.8 Å². The Hall–Kier alpha value is -2.93. The summed E-state index contributed by atoms with van der Waals surface area (Å²) in [5.74, 6) is -0.288. The Balaban J connectivity index is 1.80. The highest BCUT2D eigenvalue weighted by Crippen LogP contribution is 2.20. The minimum Gasteiger partial charge on any atom is -0.324 e. The van der Waals surface area contributed by atoms with Crippen LogP contribution in [0.5, 0.6) is 0 Å². The normalized spacial score (nSPS) is 10.7. The fraction of sp³-hybridized carbons (Fsp3) is 0.0667. The van der Waals surface area contributed by atoms with Crippen molar-refractivity contribution >= 4 is 39.8 Å². The third-order valence-corrected chi connectivity index (χ3v) is 3.51. The van der Waals surface area contributed by atoms with Gasteiger partial charge in [-0.05, 0) is 30.3 Å². The molecule has 0 atom stereocenters. The Bertz CT molecular complexity index is 889. The van der Waals surface area contributed by atoms with Crippen LogP contribution in [-0.2, 0) is 11.3 Å². The van der Waals surface area contributed by atoms with Gasteiger partial charge in [-0.1, -0.05) is 11.6 Å². The van der Waals surface area contributed by atoms with Crippen molar-refractivity contribution in [1.82, 2.24) is 9.78 Å². The largest absolute Gasteiger partial charge is 0.324 e. The van der Waals surface area contributed by atoms with Crippen LogP contribution in [0.3, 0.4) is 0 Å². The van der Waals surface area contributed by atoms with Crippen LogP contribution in [0.25, 0.3) is 10.9 Å². The molecule has 0 radical (unpaired) electrons. The highest BCUT2D eigenvalue weighted by atomic mass is 35.5. The number of halogens is 1. The molecule has 3 aromatic rings. The van der Waals surface area contributed by atoms with E-state index in [0.29, 0.717) is 16.2 Å². The minimum atomic E-state index is -0.482. The number of carbonyl (C=O) groups is 1. The van der Waals surface area contributed by atoms with Crippen molar-refractivity contribution in [3.63, 3.8) is 0 Å². The third-order valence-electron chi connectivity index (χ3n) is 3.26. The minimum absolute atomic E-state index is 0.0441. The number of non-ortho nitro benzene ring substituents is 1. The van der Waals surface area contributed by atoms with Gasteiger partial charge in [0.25, 0.3) is 5.69 Å². The molecule has 0 unspecified atom stereocenters. The molecule has 0 aliphatic heterocycles. The molecule has 1 heterocycles. The molecule has 0 spiro atoms. The van der Waals surface area contributed by atoms with Crippen LogP contribution in [0.2, 0.25) is 5.02 Å². The third kappa shape index (κ3) is 3.29. The topological polar surface area (TPSA) is 90.1 Å². The number of fused-ring (bicyclic) bond motifs is 1. The number of hydrogen-bond donors (Lipinski definition) is 1. The van der Waals surface area contributed by atoms with Gasteiger partial charge in [-0.25, -0.2) is 0 Å². The van der Waals surface area contributed by atoms with Gasteiger partial charge in [0.1, 0.15) is 6.54 Å². The summed E-state index contributed by atoms with van der Waals surface area (Å²) >= 11 is 5.79. The smallest absolute Gasteiger partial charge is 0.271 e. The quantitative estimate of drug-likeness (QED) is 0.587. The highest BCUT2D eigenvalue weighted by molar-refractivity contribution is 6.30. The van der Waals surface area contributed by atoms with E-state index in [4.69, 9.17) is 11.6 Å². The molecule has 0 aliphatic rings. The van der Waals surface area contributed by atoms with Gasteiger partial charge in [0.2, 0.25) is 5.91 Å². The van der Waals surface area contributed by atoms with Crippen molar-refractivity contribution < 1.29 is 9.72 Å². The Kier molecular flexibility index (Phi) is 3.94. The first kappa shape index (κ1) is 15.0. The number of aromatic nitrogens is 2. The molecule has 0 fully saturated rings. The second-order valence-electron chi connectivity index (χ2n) is 4.86. The van der Waals surface area contributed by atoms with Crippen molar-refractivity contribution in [2.75, 3.05) is 5.32 Å². The van der Waals surface area contributed by atoms with Crippen LogP contribution in [0, 0.1) is 10.1 Å². The predicted octanol–water partition coefficient (Wildman–Crippen LogP) is 3.24. The molecule has 0 saturated carbocycles. The maximum absolute atomic E-state index is 12.1. The van der Waals surface area contributed by atoms with Crippen molar-refractivity contribution in [2.45, 2.75) is 6.54 Å². The number of hydrogen-bond acceptors (Lipinski definition) is 4. The van der Waals surface area contributed by atoms with E-state index in [9.17, 15) is 14.9 Å². The van der Waals surface area contributed by atoms with Crippen LogP contribution < -0.4 is 5.32 Å². The van der Waals surface area contributed by atoms with Crippen molar-refractivity contribution in [1.29, 1.82) is 0 Å². The fourth-order valence-electron chi connectivity index (χ4n) is 2.17. The number of amides is 1. The number of anilines is 1. The first-order valence-corrected chi connectivity index (χ1v) is 7.06. The molecular weight excluding hydrogens is 320 g/mol. The second-order valence-corrected chi connectivity index (χ2v) is 5.29. The van der Waals surface area contributed by atoms with Gasteiger partial charge in [-0.2, -0.15) is 5.10 Å². The number of nitrogens with one attached hydrogen (secondary N) is 1. The van der Waals surface area contributed by atoms with Crippen LogP contribution >= 0.6 is 11.6 Å². The molecule has 1 aromatic heterocycles. The summed E-state index contributed by atoms with van der Waals surface area (Å²) in [6, 6.07) is 11.1. The molecule has 116 valence electrons. The van der Waals surface area contributed by atoms with E-state index < -0.39 is 4.92 Å². The maximum atomic E-state index is 12.1. The highest BCUT2D eigenvalue weighted by Gasteiger charge is 2.12. The summed E-state index contributed by atoms with van der Waals surface area (Å²) in [5.41, 5.74) is 1.10. The van der Waals surface area contributed by atoms with Gasteiger partial charge in [0, 0.05) is 28.2 Å². The predicted molar refractivity (Wildman–Crippen MR) is 86.5 cm³/mol. The summed E-state index contributed by atoms with van der Waals surface area (Å²) in [4.78, 5) is 22.5. The number of carbonyl (C=O) groups excluding carboxylic acids is 1. The summed E-state index contributed by atoms with van der Waals surface area (Å²) in [5, 5.41) is 19.0. The lowest BCUT2D eigenvalue weighted by Gasteiger charge is -2.06. The molecule has 0 aliphatic carbocycles. The molecule has 0 saturated heterocycles. The Morgan fingerprint density at radius 1 is 1.26 bits per heavy atom. The summed E-state index contributed by atoms with van der Waals surface area (Å²) < 4.78 is 1.42. The van der Waals surface area contributed by atoms with Gasteiger partial charge in [-0.3, -0.25) is 19.6 Å². The average molecular weight is 331 g/mol. The first-order valence-electron chi connectivity index (χ1n) is 6.68. The monoisotopic (exact) mass is 330 g/mol. The Labute approximate surface area is 135 Å². The Morgan fingerprint density at radius 3 is 2.70 bits per heavy atom. The second kappa shape index (κ2) is 6.05. The van der Waals surface area contributed by atoms with Crippen LogP contribution in [0.15, 0.2) is 48.7 Å². The lowest BCUT2D eigenvalue weighted by molar-refractivity contribution is -0.384. The molecule has 1 N–H and O–H groups in total. The van der Waals surface area contributed by atoms with Crippen LogP contribution in [-0.4, -0.2) is 20.6 Å². The molecule has 0 bridgehead atoms. The number of rotatable bonds is 4. The van der Waals surface area contributed by atoms with E-state index in [2.05, 4.69) is 10.4 Å². The summed E-state index contributed by atoms with van der Waals surface area (Å²) in [7, 11) is 0. The van der Waals surface area contributed by atoms with Crippen LogP contribution in [0.4, 0.5) is 11.4 Å². The van der Waals surface area contributed by atoms with E-state index in [1.165, 1.54) is 16.8 Å². The molecule has 2 aromatic carbocycles. The van der Waals surface area contributed by atoms with E-state index in [-0.39, 0.29) is 18.1 Å². The van der Waals surface area contributed by atoms with Gasteiger partial charge in [0.15, 0.2) is 0 Å². The SMILES string of the molecule is O=C(Cn1ncc2ccc([N+](=O)[O-])cc21)Nc1ccc(Cl)cc1. The summed E-state index contributed by atoms with van der Waals surface area (Å²) in [6.07, 6.45) is 1.56. The standard InChI is InChI=1S/C15H11ClN4O3/c16-11-2-4-12(5-3-11)18-15(21)9-19-14-7-13(20(22)23)6-1-10(14)8-17-19/h1-8H,9H2,(H,18,21). The van der Waals surface area contributed by atoms with Gasteiger partial charge in [-0.15, -0.1) is 0 Å². The molecule has 23 heavy (non-hydrogen) atoms. The van der Waals surface area contributed by atoms with E-state index in [1.807, 2.05) is 0 Å². The molecular formula is C15H11ClN4O3. The zero-order chi connectivity index (χ0) is 16.4. The average Bonchev–Trinajstić information content (AvgIpc) is 2.92. The zero-order valence-electron chi connectivity index (χ0n) is 11.8. The van der Waals surface area contributed by atoms with E-state index in [0.717, 1.165) is 5.39 Å². The first-order chi connectivity index (χ1) is 11.0.